The molecule has 1 fully saturated rings. The van der Waals surface area contributed by atoms with E-state index in [1.165, 1.54) is 17.3 Å². The number of nitrogens with zero attached hydrogens (tertiary/aromatic N) is 3. The first kappa shape index (κ1) is 22.2. The van der Waals surface area contributed by atoms with E-state index >= 15 is 0 Å². The normalized spacial score (nSPS) is 15.9. The van der Waals surface area contributed by atoms with Gasteiger partial charge in [-0.05, 0) is 49.4 Å². The van der Waals surface area contributed by atoms with Crippen LogP contribution >= 0.6 is 11.3 Å². The molecule has 0 bridgehead atoms. The van der Waals surface area contributed by atoms with Gasteiger partial charge >= 0.3 is 6.18 Å². The van der Waals surface area contributed by atoms with Crippen molar-refractivity contribution >= 4 is 22.3 Å². The van der Waals surface area contributed by atoms with Gasteiger partial charge in [0.1, 0.15) is 12.2 Å². The van der Waals surface area contributed by atoms with Crippen molar-refractivity contribution in [1.82, 2.24) is 15.6 Å². The van der Waals surface area contributed by atoms with E-state index in [9.17, 15) is 13.2 Å². The molecule has 0 saturated carbocycles. The van der Waals surface area contributed by atoms with E-state index in [-0.39, 0.29) is 13.2 Å². The van der Waals surface area contributed by atoms with Crippen molar-refractivity contribution in [3.05, 3.63) is 41.4 Å². The number of guanidine groups is 1. The van der Waals surface area contributed by atoms with Crippen LogP contribution < -0.4 is 20.3 Å². The molecule has 0 aromatic carbocycles. The number of halogens is 3. The molecule has 0 radical (unpaired) electrons. The van der Waals surface area contributed by atoms with Crippen LogP contribution in [0.3, 0.4) is 0 Å². The van der Waals surface area contributed by atoms with Crippen LogP contribution in [0.4, 0.5) is 18.2 Å². The van der Waals surface area contributed by atoms with Gasteiger partial charge in [-0.15, -0.1) is 11.3 Å². The lowest BCUT2D eigenvalue weighted by atomic mass is 10.1. The van der Waals surface area contributed by atoms with Crippen molar-refractivity contribution in [2.75, 3.05) is 37.7 Å². The van der Waals surface area contributed by atoms with Gasteiger partial charge in [-0.25, -0.2) is 9.98 Å². The highest BCUT2D eigenvalue weighted by atomic mass is 32.1. The summed E-state index contributed by atoms with van der Waals surface area (Å²) in [5, 5.41) is 9.97. The van der Waals surface area contributed by atoms with Crippen LogP contribution in [0.2, 0.25) is 0 Å². The maximum absolute atomic E-state index is 13.0. The number of pyridine rings is 1. The van der Waals surface area contributed by atoms with E-state index < -0.39 is 17.6 Å². The Morgan fingerprint density at radius 2 is 2.10 bits per heavy atom. The first-order valence-electron chi connectivity index (χ1n) is 9.95. The van der Waals surface area contributed by atoms with Crippen molar-refractivity contribution in [1.29, 1.82) is 0 Å². The summed E-state index contributed by atoms with van der Waals surface area (Å²) in [6.45, 7) is 4.84. The molecule has 2 aromatic rings. The van der Waals surface area contributed by atoms with Gasteiger partial charge in [-0.3, -0.25) is 0 Å². The van der Waals surface area contributed by atoms with Crippen molar-refractivity contribution in [2.24, 2.45) is 4.99 Å². The Kier molecular flexibility index (Phi) is 7.78. The number of aliphatic imine (C=N–C) groups is 1. The smallest absolute Gasteiger partial charge is 0.421 e. The predicted octanol–water partition coefficient (Wildman–Crippen LogP) is 3.76. The van der Waals surface area contributed by atoms with Gasteiger partial charge in [0, 0.05) is 31.9 Å². The second-order valence-electron chi connectivity index (χ2n) is 6.82. The molecule has 1 saturated heterocycles. The molecule has 6 nitrogen and oxygen atoms in total. The van der Waals surface area contributed by atoms with E-state index in [1.54, 1.807) is 11.3 Å². The summed E-state index contributed by atoms with van der Waals surface area (Å²) < 4.78 is 44.2. The van der Waals surface area contributed by atoms with Gasteiger partial charge in [0.2, 0.25) is 5.88 Å². The van der Waals surface area contributed by atoms with Crippen LogP contribution in [0.15, 0.2) is 40.8 Å². The number of hydrogen-bond donors (Lipinski definition) is 2. The van der Waals surface area contributed by atoms with Gasteiger partial charge in [-0.1, -0.05) is 0 Å². The zero-order chi connectivity index (χ0) is 21.4. The maximum atomic E-state index is 13.0. The first-order chi connectivity index (χ1) is 14.5. The number of anilines is 1. The lowest BCUT2D eigenvalue weighted by Crippen LogP contribution is -2.48. The van der Waals surface area contributed by atoms with Gasteiger partial charge in [-0.2, -0.15) is 13.2 Å². The number of thiophene rings is 1. The van der Waals surface area contributed by atoms with Crippen LogP contribution in [0.25, 0.3) is 0 Å². The molecule has 0 amide bonds. The van der Waals surface area contributed by atoms with Crippen molar-refractivity contribution in [3.8, 4) is 5.88 Å². The lowest BCUT2D eigenvalue weighted by Gasteiger charge is -2.33. The molecule has 3 rings (SSSR count). The molecular weight excluding hydrogens is 415 g/mol. The summed E-state index contributed by atoms with van der Waals surface area (Å²) in [7, 11) is 0. The molecular formula is C20H26F3N5OS. The second-order valence-corrected chi connectivity index (χ2v) is 7.75. The first-order valence-corrected chi connectivity index (χ1v) is 10.8. The fourth-order valence-corrected chi connectivity index (χ4v) is 4.01. The van der Waals surface area contributed by atoms with Crippen LogP contribution in [-0.4, -0.2) is 49.8 Å². The largest absolute Gasteiger partial charge is 0.475 e. The average Bonchev–Trinajstić information content (AvgIpc) is 3.26. The zero-order valence-corrected chi connectivity index (χ0v) is 17.6. The summed E-state index contributed by atoms with van der Waals surface area (Å²) >= 11 is 1.75. The lowest BCUT2D eigenvalue weighted by molar-refractivity contribution is -0.139. The van der Waals surface area contributed by atoms with E-state index in [1.807, 2.05) is 6.92 Å². The minimum absolute atomic E-state index is 0.00743. The molecule has 1 aliphatic rings. The Bertz CT molecular complexity index is 805. The summed E-state index contributed by atoms with van der Waals surface area (Å²) in [5.74, 6) is 0.229. The molecule has 0 atom stereocenters. The number of rotatable bonds is 7. The molecule has 30 heavy (non-hydrogen) atoms. The Morgan fingerprint density at radius 1 is 1.30 bits per heavy atom. The summed E-state index contributed by atoms with van der Waals surface area (Å²) in [6.07, 6.45) is -1.24. The average molecular weight is 442 g/mol. The van der Waals surface area contributed by atoms with E-state index in [0.29, 0.717) is 18.5 Å². The fraction of sp³-hybridized carbons (Fsp3) is 0.500. The van der Waals surface area contributed by atoms with E-state index in [0.717, 1.165) is 32.0 Å². The van der Waals surface area contributed by atoms with Crippen LogP contribution in [0, 0.1) is 0 Å². The molecule has 0 spiro atoms. The number of ether oxygens (including phenoxy) is 1. The number of alkyl halides is 3. The fourth-order valence-electron chi connectivity index (χ4n) is 3.23. The monoisotopic (exact) mass is 441 g/mol. The van der Waals surface area contributed by atoms with Crippen LogP contribution in [0.5, 0.6) is 5.88 Å². The molecule has 2 aromatic heterocycles. The summed E-state index contributed by atoms with van der Waals surface area (Å²) in [5.41, 5.74) is -0.878. The minimum Gasteiger partial charge on any atom is -0.475 e. The number of nitrogens with one attached hydrogen (secondary N) is 2. The van der Waals surface area contributed by atoms with Gasteiger partial charge in [0.15, 0.2) is 5.96 Å². The summed E-state index contributed by atoms with van der Waals surface area (Å²) in [4.78, 5) is 10.5. The molecule has 0 aliphatic carbocycles. The standard InChI is InChI=1S/C20H26F3N5OS/c1-2-24-19(27-15-7-11-28(12-8-15)17-6-4-14-30-17)26-10-13-29-18-16(20(21,22)23)5-3-9-25-18/h3-6,9,14-15H,2,7-8,10-13H2,1H3,(H2,24,26,27). The SMILES string of the molecule is CCNC(=NCCOc1ncccc1C(F)(F)F)NC1CCN(c2cccs2)CC1. The highest BCUT2D eigenvalue weighted by Crippen LogP contribution is 2.34. The maximum Gasteiger partial charge on any atom is 0.421 e. The zero-order valence-electron chi connectivity index (χ0n) is 16.8. The predicted molar refractivity (Wildman–Crippen MR) is 113 cm³/mol. The Morgan fingerprint density at radius 3 is 2.77 bits per heavy atom. The minimum atomic E-state index is -4.50. The van der Waals surface area contributed by atoms with Crippen molar-refractivity contribution in [2.45, 2.75) is 32.0 Å². The highest BCUT2D eigenvalue weighted by Gasteiger charge is 2.35. The van der Waals surface area contributed by atoms with Crippen molar-refractivity contribution < 1.29 is 17.9 Å². The molecule has 10 heteroatoms. The van der Waals surface area contributed by atoms with Gasteiger partial charge < -0.3 is 20.3 Å². The third-order valence-electron chi connectivity index (χ3n) is 4.67. The molecule has 3 heterocycles. The van der Waals surface area contributed by atoms with Crippen LogP contribution in [-0.2, 0) is 6.18 Å². The number of hydrogen-bond acceptors (Lipinski definition) is 5. The molecule has 164 valence electrons. The summed E-state index contributed by atoms with van der Waals surface area (Å²) in [6, 6.07) is 6.69. The topological polar surface area (TPSA) is 61.8 Å². The van der Waals surface area contributed by atoms with Gasteiger partial charge in [0.25, 0.3) is 0 Å². The number of piperidine rings is 1. The highest BCUT2D eigenvalue weighted by molar-refractivity contribution is 7.14. The van der Waals surface area contributed by atoms with Gasteiger partial charge in [0.05, 0.1) is 11.5 Å². The van der Waals surface area contributed by atoms with Crippen LogP contribution in [0.1, 0.15) is 25.3 Å². The Hall–Kier alpha value is -2.49. The molecule has 2 N–H and O–H groups in total. The Labute approximate surface area is 178 Å². The quantitative estimate of drug-likeness (QED) is 0.389. The third-order valence-corrected chi connectivity index (χ3v) is 5.60. The molecule has 1 aliphatic heterocycles. The number of aromatic nitrogens is 1. The van der Waals surface area contributed by atoms with E-state index in [4.69, 9.17) is 4.74 Å². The van der Waals surface area contributed by atoms with Crippen molar-refractivity contribution in [3.63, 3.8) is 0 Å². The Balaban J connectivity index is 1.48. The third kappa shape index (κ3) is 6.25. The van der Waals surface area contributed by atoms with E-state index in [2.05, 4.69) is 43.0 Å². The molecule has 0 unspecified atom stereocenters. The second kappa shape index (κ2) is 10.5.